The van der Waals surface area contributed by atoms with Gasteiger partial charge in [0.1, 0.15) is 23.8 Å². The second-order valence-corrected chi connectivity index (χ2v) is 7.11. The summed E-state index contributed by atoms with van der Waals surface area (Å²) in [6.45, 7) is 4.13. The first-order valence-corrected chi connectivity index (χ1v) is 9.42. The maximum Gasteiger partial charge on any atom is 0.219 e. The van der Waals surface area contributed by atoms with Crippen molar-refractivity contribution in [1.29, 1.82) is 0 Å². The van der Waals surface area contributed by atoms with Crippen molar-refractivity contribution in [2.45, 2.75) is 26.2 Å². The number of carbonyl (C=O) groups is 1. The number of anilines is 3. The summed E-state index contributed by atoms with van der Waals surface area (Å²) in [5.41, 5.74) is 0.656. The van der Waals surface area contributed by atoms with Crippen LogP contribution in [0, 0.1) is 11.7 Å². The summed E-state index contributed by atoms with van der Waals surface area (Å²) in [5.74, 6) is 1.65. The average Bonchev–Trinajstić information content (AvgIpc) is 2.65. The molecule has 1 aromatic heterocycles. The molecule has 1 aliphatic heterocycles. The van der Waals surface area contributed by atoms with Gasteiger partial charge >= 0.3 is 0 Å². The van der Waals surface area contributed by atoms with Crippen molar-refractivity contribution in [2.75, 3.05) is 30.3 Å². The number of aromatic nitrogens is 2. The zero-order valence-corrected chi connectivity index (χ0v) is 16.0. The molecule has 1 fully saturated rings. The van der Waals surface area contributed by atoms with Gasteiger partial charge in [0.05, 0.1) is 5.02 Å². The van der Waals surface area contributed by atoms with Crippen LogP contribution in [0.5, 0.6) is 0 Å². The Morgan fingerprint density at radius 2 is 2.00 bits per heavy atom. The summed E-state index contributed by atoms with van der Waals surface area (Å²) in [7, 11) is 0. The van der Waals surface area contributed by atoms with E-state index in [0.717, 1.165) is 44.7 Å². The monoisotopic (exact) mass is 391 g/mol. The number of piperidine rings is 1. The van der Waals surface area contributed by atoms with Crippen LogP contribution in [0.15, 0.2) is 30.6 Å². The number of likely N-dealkylation sites (tertiary alicyclic amines) is 1. The molecule has 0 atom stereocenters. The van der Waals surface area contributed by atoms with Crippen LogP contribution >= 0.6 is 11.6 Å². The predicted molar refractivity (Wildman–Crippen MR) is 105 cm³/mol. The molecule has 0 unspecified atom stereocenters. The van der Waals surface area contributed by atoms with Gasteiger partial charge in [0.2, 0.25) is 5.91 Å². The van der Waals surface area contributed by atoms with Crippen molar-refractivity contribution in [3.63, 3.8) is 0 Å². The summed E-state index contributed by atoms with van der Waals surface area (Å²) in [6.07, 6.45) is 4.60. The fourth-order valence-electron chi connectivity index (χ4n) is 3.19. The van der Waals surface area contributed by atoms with Crippen molar-refractivity contribution >= 4 is 34.8 Å². The Kier molecular flexibility index (Phi) is 6.45. The van der Waals surface area contributed by atoms with Gasteiger partial charge in [-0.15, -0.1) is 0 Å². The first kappa shape index (κ1) is 19.4. The first-order valence-electron chi connectivity index (χ1n) is 9.05. The fraction of sp³-hybridized carbons (Fsp3) is 0.421. The fourth-order valence-corrected chi connectivity index (χ4v) is 3.37. The Balaban J connectivity index is 1.48. The lowest BCUT2D eigenvalue weighted by Crippen LogP contribution is -2.37. The van der Waals surface area contributed by atoms with Gasteiger partial charge in [-0.2, -0.15) is 0 Å². The van der Waals surface area contributed by atoms with Gasteiger partial charge in [-0.25, -0.2) is 14.4 Å². The van der Waals surface area contributed by atoms with Crippen molar-refractivity contribution in [3.8, 4) is 0 Å². The number of benzene rings is 1. The molecule has 1 aliphatic rings. The number of hydrogen-bond donors (Lipinski definition) is 2. The zero-order chi connectivity index (χ0) is 19.2. The molecular formula is C19H23ClFN5O. The third-order valence-electron chi connectivity index (χ3n) is 4.78. The predicted octanol–water partition coefficient (Wildman–Crippen LogP) is 4.07. The Labute approximate surface area is 163 Å². The third-order valence-corrected chi connectivity index (χ3v) is 5.07. The smallest absolute Gasteiger partial charge is 0.219 e. The molecule has 0 saturated carbocycles. The van der Waals surface area contributed by atoms with Crippen LogP contribution in [-0.4, -0.2) is 40.4 Å². The van der Waals surface area contributed by atoms with Crippen molar-refractivity contribution in [2.24, 2.45) is 5.92 Å². The molecule has 2 aromatic rings. The molecule has 27 heavy (non-hydrogen) atoms. The molecule has 0 bridgehead atoms. The maximum absolute atomic E-state index is 13.2. The highest BCUT2D eigenvalue weighted by Crippen LogP contribution is 2.23. The molecule has 0 spiro atoms. The SMILES string of the molecule is CC(=O)N1CCC(CCNc2cc(Nc3ccc(F)c(Cl)c3)ncn2)CC1. The highest BCUT2D eigenvalue weighted by molar-refractivity contribution is 6.31. The van der Waals surface area contributed by atoms with Gasteiger partial charge in [0.15, 0.2) is 0 Å². The van der Waals surface area contributed by atoms with Gasteiger partial charge in [-0.3, -0.25) is 4.79 Å². The van der Waals surface area contributed by atoms with Crippen molar-refractivity contribution in [3.05, 3.63) is 41.4 Å². The van der Waals surface area contributed by atoms with E-state index in [1.165, 1.54) is 18.5 Å². The number of hydrogen-bond acceptors (Lipinski definition) is 5. The minimum Gasteiger partial charge on any atom is -0.370 e. The molecule has 2 heterocycles. The third kappa shape index (κ3) is 5.53. The van der Waals surface area contributed by atoms with E-state index >= 15 is 0 Å². The summed E-state index contributed by atoms with van der Waals surface area (Å²) in [6, 6.07) is 6.22. The minimum atomic E-state index is -0.457. The number of nitrogens with zero attached hydrogens (tertiary/aromatic N) is 3. The molecule has 2 N–H and O–H groups in total. The highest BCUT2D eigenvalue weighted by atomic mass is 35.5. The number of carbonyl (C=O) groups excluding carboxylic acids is 1. The lowest BCUT2D eigenvalue weighted by atomic mass is 9.93. The van der Waals surface area contributed by atoms with E-state index in [4.69, 9.17) is 11.6 Å². The first-order chi connectivity index (χ1) is 13.0. The van der Waals surface area contributed by atoms with Gasteiger partial charge in [0.25, 0.3) is 0 Å². The molecule has 144 valence electrons. The molecule has 0 aliphatic carbocycles. The van der Waals surface area contributed by atoms with E-state index in [-0.39, 0.29) is 10.9 Å². The second kappa shape index (κ2) is 8.99. The van der Waals surface area contributed by atoms with Gasteiger partial charge < -0.3 is 15.5 Å². The number of halogens is 2. The quantitative estimate of drug-likeness (QED) is 0.776. The zero-order valence-electron chi connectivity index (χ0n) is 15.2. The Hall–Kier alpha value is -2.41. The second-order valence-electron chi connectivity index (χ2n) is 6.71. The number of rotatable bonds is 6. The molecule has 0 radical (unpaired) electrons. The summed E-state index contributed by atoms with van der Waals surface area (Å²) < 4.78 is 13.2. The molecule has 3 rings (SSSR count). The van der Waals surface area contributed by atoms with Crippen LogP contribution in [0.1, 0.15) is 26.2 Å². The normalized spacial score (nSPS) is 14.9. The van der Waals surface area contributed by atoms with Gasteiger partial charge in [-0.05, 0) is 43.4 Å². The van der Waals surface area contributed by atoms with Crippen molar-refractivity contribution in [1.82, 2.24) is 14.9 Å². The van der Waals surface area contributed by atoms with Gasteiger partial charge in [0, 0.05) is 38.3 Å². The lowest BCUT2D eigenvalue weighted by molar-refractivity contribution is -0.130. The molecule has 6 nitrogen and oxygen atoms in total. The molecule has 1 amide bonds. The van der Waals surface area contributed by atoms with E-state index in [1.807, 2.05) is 4.90 Å². The summed E-state index contributed by atoms with van der Waals surface area (Å²) in [4.78, 5) is 21.7. The van der Waals surface area contributed by atoms with Crippen LogP contribution in [0.4, 0.5) is 21.7 Å². The topological polar surface area (TPSA) is 70.2 Å². The number of nitrogens with one attached hydrogen (secondary N) is 2. The summed E-state index contributed by atoms with van der Waals surface area (Å²) >= 11 is 5.80. The molecule has 1 saturated heterocycles. The van der Waals surface area contributed by atoms with E-state index in [1.54, 1.807) is 19.1 Å². The standard InChI is InChI=1S/C19H23ClFN5O/c1-13(27)26-8-5-14(6-9-26)4-7-22-18-11-19(24-12-23-18)25-15-2-3-17(21)16(20)10-15/h2-3,10-12,14H,4-9H2,1H3,(H2,22,23,24,25). The Morgan fingerprint density at radius 1 is 1.26 bits per heavy atom. The lowest BCUT2D eigenvalue weighted by Gasteiger charge is -2.31. The van der Waals surface area contributed by atoms with Crippen LogP contribution in [0.2, 0.25) is 5.02 Å². The average molecular weight is 392 g/mol. The molecule has 1 aromatic carbocycles. The molecule has 8 heteroatoms. The van der Waals surface area contributed by atoms with Crippen molar-refractivity contribution < 1.29 is 9.18 Å². The van der Waals surface area contributed by atoms with Crippen LogP contribution in [0.25, 0.3) is 0 Å². The van der Waals surface area contributed by atoms with E-state index in [0.29, 0.717) is 17.4 Å². The Morgan fingerprint density at radius 3 is 2.70 bits per heavy atom. The van der Waals surface area contributed by atoms with Crippen LogP contribution in [0.3, 0.4) is 0 Å². The van der Waals surface area contributed by atoms with Gasteiger partial charge in [-0.1, -0.05) is 11.6 Å². The maximum atomic E-state index is 13.2. The minimum absolute atomic E-state index is 0.0585. The van der Waals surface area contributed by atoms with Crippen LogP contribution < -0.4 is 10.6 Å². The largest absolute Gasteiger partial charge is 0.370 e. The number of amides is 1. The molecular weight excluding hydrogens is 369 g/mol. The van der Waals surface area contributed by atoms with Crippen LogP contribution in [-0.2, 0) is 4.79 Å². The van der Waals surface area contributed by atoms with E-state index in [9.17, 15) is 9.18 Å². The van der Waals surface area contributed by atoms with E-state index in [2.05, 4.69) is 20.6 Å². The summed E-state index contributed by atoms with van der Waals surface area (Å²) in [5, 5.41) is 6.46. The highest BCUT2D eigenvalue weighted by Gasteiger charge is 2.20. The van der Waals surface area contributed by atoms with E-state index < -0.39 is 5.82 Å². The Bertz CT molecular complexity index is 795.